The van der Waals surface area contributed by atoms with Gasteiger partial charge in [0, 0.05) is 31.3 Å². The van der Waals surface area contributed by atoms with Gasteiger partial charge in [0.1, 0.15) is 30.5 Å². The third-order valence-corrected chi connectivity index (χ3v) is 11.7. The highest BCUT2D eigenvalue weighted by atomic mass is 16.8. The molecule has 1 saturated carbocycles. The van der Waals surface area contributed by atoms with Gasteiger partial charge in [0.15, 0.2) is 24.1 Å². The van der Waals surface area contributed by atoms with Crippen molar-refractivity contribution in [2.75, 3.05) is 13.2 Å². The van der Waals surface area contributed by atoms with E-state index in [0.717, 1.165) is 12.5 Å². The number of carbonyl (C=O) groups is 3. The summed E-state index contributed by atoms with van der Waals surface area (Å²) in [5, 5.41) is 42.5. The van der Waals surface area contributed by atoms with Crippen LogP contribution in [0.2, 0.25) is 0 Å². The van der Waals surface area contributed by atoms with Gasteiger partial charge in [0.2, 0.25) is 12.1 Å². The lowest BCUT2D eigenvalue weighted by Gasteiger charge is -2.46. The summed E-state index contributed by atoms with van der Waals surface area (Å²) in [7, 11) is 0. The Morgan fingerprint density at radius 1 is 0.833 bits per heavy atom. The van der Waals surface area contributed by atoms with Gasteiger partial charge in [0.05, 0.1) is 37.4 Å². The van der Waals surface area contributed by atoms with E-state index in [9.17, 15) is 34.8 Å². The lowest BCUT2D eigenvalue weighted by Crippen LogP contribution is -2.64. The molecule has 1 aliphatic carbocycles. The Bertz CT molecular complexity index is 1550. The average Bonchev–Trinajstić information content (AvgIpc) is 3.92. The van der Waals surface area contributed by atoms with Crippen molar-refractivity contribution in [1.82, 2.24) is 0 Å². The Hall–Kier alpha value is -3.03. The maximum Gasteiger partial charge on any atom is 0.331 e. The number of aliphatic hydroxyl groups excluding tert-OH is 4. The number of benzene rings is 1. The zero-order valence-electron chi connectivity index (χ0n) is 30.6. The number of hydrogen-bond acceptors (Lipinski definition) is 16. The summed E-state index contributed by atoms with van der Waals surface area (Å²) in [6.07, 6.45) is -10.5. The van der Waals surface area contributed by atoms with E-state index in [1.165, 1.54) is 19.9 Å². The number of fused-ring (bicyclic) bond motifs is 3. The molecule has 0 radical (unpaired) electrons. The molecule has 6 fully saturated rings. The van der Waals surface area contributed by atoms with Crippen LogP contribution in [0.4, 0.5) is 0 Å². The van der Waals surface area contributed by atoms with Crippen LogP contribution in [-0.4, -0.2) is 137 Å². The molecule has 5 heterocycles. The highest BCUT2D eigenvalue weighted by Crippen LogP contribution is 2.62. The Morgan fingerprint density at radius 3 is 2.26 bits per heavy atom. The second-order valence-corrected chi connectivity index (χ2v) is 15.4. The molecule has 0 aromatic heterocycles. The van der Waals surface area contributed by atoms with E-state index in [4.69, 9.17) is 42.6 Å². The topological polar surface area (TPSA) is 218 Å². The molecule has 4 N–H and O–H groups in total. The highest BCUT2D eigenvalue weighted by Gasteiger charge is 2.76. The van der Waals surface area contributed by atoms with Gasteiger partial charge in [-0.05, 0) is 44.7 Å². The van der Waals surface area contributed by atoms with E-state index >= 15 is 0 Å². The van der Waals surface area contributed by atoms with Gasteiger partial charge < -0.3 is 63.1 Å². The van der Waals surface area contributed by atoms with Gasteiger partial charge in [-0.25, -0.2) is 4.79 Å². The predicted molar refractivity (Wildman–Crippen MR) is 181 cm³/mol. The van der Waals surface area contributed by atoms with Crippen molar-refractivity contribution in [3.8, 4) is 0 Å². The minimum Gasteiger partial charge on any atom is -0.459 e. The molecule has 298 valence electrons. The van der Waals surface area contributed by atoms with Gasteiger partial charge in [-0.2, -0.15) is 0 Å². The molecule has 0 amide bonds. The molecule has 7 rings (SSSR count). The van der Waals surface area contributed by atoms with Crippen molar-refractivity contribution in [1.29, 1.82) is 0 Å². The van der Waals surface area contributed by atoms with Crippen molar-refractivity contribution < 1.29 is 77.4 Å². The van der Waals surface area contributed by atoms with Gasteiger partial charge >= 0.3 is 17.9 Å². The Kier molecular flexibility index (Phi) is 11.2. The normalized spacial score (nSPS) is 45.9. The zero-order valence-corrected chi connectivity index (χ0v) is 30.6. The van der Waals surface area contributed by atoms with Crippen LogP contribution in [0.25, 0.3) is 6.08 Å². The summed E-state index contributed by atoms with van der Waals surface area (Å²) in [4.78, 5) is 38.6. The second-order valence-electron chi connectivity index (χ2n) is 15.4. The molecule has 17 atom stereocenters. The van der Waals surface area contributed by atoms with Gasteiger partial charge in [-0.1, -0.05) is 37.3 Å². The molecule has 6 aliphatic rings. The quantitative estimate of drug-likeness (QED) is 0.124. The average molecular weight is 763 g/mol. The molecule has 2 spiro atoms. The molecule has 16 nitrogen and oxygen atoms in total. The number of ether oxygens (including phenoxy) is 9. The van der Waals surface area contributed by atoms with Crippen LogP contribution >= 0.6 is 0 Å². The fraction of sp³-hybridized carbons (Fsp3) is 0.711. The van der Waals surface area contributed by atoms with Crippen LogP contribution in [0.5, 0.6) is 0 Å². The summed E-state index contributed by atoms with van der Waals surface area (Å²) >= 11 is 0. The minimum absolute atomic E-state index is 0.0914. The van der Waals surface area contributed by atoms with Crippen LogP contribution in [0.15, 0.2) is 36.4 Å². The molecule has 54 heavy (non-hydrogen) atoms. The maximum atomic E-state index is 13.8. The number of aliphatic hydroxyl groups is 4. The summed E-state index contributed by atoms with van der Waals surface area (Å²) in [6.45, 7) is 6.78. The SMILES string of the molecule is CC(=O)OC1C(C)OC(OC(=O)C2CCC3C(C2)OC2(CC(OC(=O)/C=C/c4ccccc4)C(C)CO2)C32CO2)C(OC2OC(C)C(O)C(O)C2O)C1O. The first-order valence-electron chi connectivity index (χ1n) is 18.7. The molecule has 17 unspecified atom stereocenters. The molecule has 0 bridgehead atoms. The minimum atomic E-state index is -1.73. The number of rotatable bonds is 8. The molecular formula is C38H50O16. The van der Waals surface area contributed by atoms with Crippen LogP contribution in [0.1, 0.15) is 58.9 Å². The summed E-state index contributed by atoms with van der Waals surface area (Å²) in [6, 6.07) is 9.43. The molecule has 5 saturated heterocycles. The van der Waals surface area contributed by atoms with Gasteiger partial charge in [-0.15, -0.1) is 0 Å². The van der Waals surface area contributed by atoms with E-state index < -0.39 is 109 Å². The third kappa shape index (κ3) is 7.45. The van der Waals surface area contributed by atoms with E-state index in [0.29, 0.717) is 19.4 Å². The lowest BCUT2D eigenvalue weighted by molar-refractivity contribution is -0.357. The second kappa shape index (κ2) is 15.5. The molecule has 1 aromatic rings. The van der Waals surface area contributed by atoms with Crippen molar-refractivity contribution in [2.24, 2.45) is 17.8 Å². The van der Waals surface area contributed by atoms with E-state index in [1.807, 2.05) is 37.3 Å². The van der Waals surface area contributed by atoms with Crippen LogP contribution in [0, 0.1) is 17.8 Å². The standard InChI is InChI=1S/C38H50O16/c1-18-16-46-38(15-26(18)51-27(40)13-10-22-8-6-5-7-9-22)37(17-47-37)24-12-11-23(14-25(24)54-38)34(45)53-36-33(31(44)32(20(3)49-36)50-21(4)39)52-35-30(43)29(42)28(41)19(2)48-35/h5-10,13,18-20,23-26,28-33,35-36,41-44H,11-12,14-17H2,1-4H3/b13-10+. The molecule has 16 heteroatoms. The highest BCUT2D eigenvalue weighted by molar-refractivity contribution is 5.87. The van der Waals surface area contributed by atoms with E-state index in [1.54, 1.807) is 6.08 Å². The Balaban J connectivity index is 1.02. The van der Waals surface area contributed by atoms with Crippen LogP contribution in [0.3, 0.4) is 0 Å². The summed E-state index contributed by atoms with van der Waals surface area (Å²) in [5.41, 5.74) is 0.124. The molecule has 5 aliphatic heterocycles. The zero-order chi connectivity index (χ0) is 38.5. The van der Waals surface area contributed by atoms with E-state index in [2.05, 4.69) is 0 Å². The van der Waals surface area contributed by atoms with Gasteiger partial charge in [-0.3, -0.25) is 9.59 Å². The monoisotopic (exact) mass is 762 g/mol. The maximum absolute atomic E-state index is 13.8. The first kappa shape index (κ1) is 39.2. The summed E-state index contributed by atoms with van der Waals surface area (Å²) < 4.78 is 53.7. The van der Waals surface area contributed by atoms with Crippen LogP contribution < -0.4 is 0 Å². The number of esters is 3. The first-order valence-corrected chi connectivity index (χ1v) is 18.7. The molecular weight excluding hydrogens is 712 g/mol. The lowest BCUT2D eigenvalue weighted by atomic mass is 9.72. The number of carbonyl (C=O) groups excluding carboxylic acids is 3. The summed E-state index contributed by atoms with van der Waals surface area (Å²) in [5.74, 6) is -3.86. The fourth-order valence-electron chi connectivity index (χ4n) is 8.58. The van der Waals surface area contributed by atoms with Crippen molar-refractivity contribution >= 4 is 24.0 Å². The molecule has 1 aromatic carbocycles. The predicted octanol–water partition coefficient (Wildman–Crippen LogP) is 0.742. The van der Waals surface area contributed by atoms with E-state index in [-0.39, 0.29) is 31.3 Å². The Morgan fingerprint density at radius 2 is 1.56 bits per heavy atom. The Labute approximate surface area is 312 Å². The first-order chi connectivity index (χ1) is 25.7. The fourth-order valence-corrected chi connectivity index (χ4v) is 8.58. The third-order valence-electron chi connectivity index (χ3n) is 11.7. The largest absolute Gasteiger partial charge is 0.459 e. The number of epoxide rings is 1. The van der Waals surface area contributed by atoms with Gasteiger partial charge in [0.25, 0.3) is 0 Å². The van der Waals surface area contributed by atoms with Crippen molar-refractivity contribution in [2.45, 2.75) is 138 Å². The number of hydrogen-bond donors (Lipinski definition) is 4. The van der Waals surface area contributed by atoms with Crippen LogP contribution in [-0.2, 0) is 57.0 Å². The smallest absolute Gasteiger partial charge is 0.331 e. The van der Waals surface area contributed by atoms with Crippen molar-refractivity contribution in [3.63, 3.8) is 0 Å². The van der Waals surface area contributed by atoms with Crippen molar-refractivity contribution in [3.05, 3.63) is 42.0 Å².